The summed E-state index contributed by atoms with van der Waals surface area (Å²) in [6.07, 6.45) is 0. The van der Waals surface area contributed by atoms with Gasteiger partial charge in [0.25, 0.3) is 0 Å². The Hall–Kier alpha value is -1.38. The second-order valence-corrected chi connectivity index (χ2v) is 3.39. The molecule has 0 aromatic heterocycles. The van der Waals surface area contributed by atoms with Crippen molar-refractivity contribution in [3.63, 3.8) is 0 Å². The minimum atomic E-state index is -0.236. The van der Waals surface area contributed by atoms with Crippen molar-refractivity contribution >= 4 is 5.91 Å². The van der Waals surface area contributed by atoms with Gasteiger partial charge in [0.1, 0.15) is 5.82 Å². The number of hydrogen-bond acceptors (Lipinski definition) is 1. The van der Waals surface area contributed by atoms with E-state index >= 15 is 0 Å². The van der Waals surface area contributed by atoms with Gasteiger partial charge < -0.3 is 5.32 Å². The van der Waals surface area contributed by atoms with Crippen molar-refractivity contribution in [1.29, 1.82) is 0 Å². The summed E-state index contributed by atoms with van der Waals surface area (Å²) in [4.78, 5) is 10.7. The summed E-state index contributed by atoms with van der Waals surface area (Å²) >= 11 is 0. The summed E-state index contributed by atoms with van der Waals surface area (Å²) in [7, 11) is 0. The smallest absolute Gasteiger partial charge is 0.216 e. The maximum Gasteiger partial charge on any atom is 0.216 e. The van der Waals surface area contributed by atoms with Gasteiger partial charge in [-0.05, 0) is 23.6 Å². The lowest BCUT2D eigenvalue weighted by Gasteiger charge is -2.11. The van der Waals surface area contributed by atoms with Crippen LogP contribution in [0, 0.1) is 5.82 Å². The van der Waals surface area contributed by atoms with Crippen LogP contribution in [0.25, 0.3) is 0 Å². The molecule has 14 heavy (non-hydrogen) atoms. The van der Waals surface area contributed by atoms with Crippen molar-refractivity contribution in [2.24, 2.45) is 0 Å². The molecule has 0 heterocycles. The number of carbonyl (C=O) groups excluding carboxylic acids is 1. The van der Waals surface area contributed by atoms with Crippen molar-refractivity contribution in [3.05, 3.63) is 35.6 Å². The standard InChI is InChI=1S/C11H14FNO/c1-8(7-13-9(2)14)10-3-5-11(12)6-4-10/h3-6,8H,7H2,1-2H3,(H,13,14)/t8-/m0/s1. The minimum absolute atomic E-state index is 0.0426. The third kappa shape index (κ3) is 3.17. The largest absolute Gasteiger partial charge is 0.356 e. The maximum absolute atomic E-state index is 12.6. The van der Waals surface area contributed by atoms with Crippen molar-refractivity contribution in [1.82, 2.24) is 5.32 Å². The molecule has 0 bridgehead atoms. The molecule has 1 aromatic rings. The van der Waals surface area contributed by atoms with Gasteiger partial charge in [-0.1, -0.05) is 19.1 Å². The Balaban J connectivity index is 2.56. The zero-order valence-corrected chi connectivity index (χ0v) is 8.38. The van der Waals surface area contributed by atoms with Gasteiger partial charge in [-0.3, -0.25) is 4.79 Å². The second-order valence-electron chi connectivity index (χ2n) is 3.39. The molecular formula is C11H14FNO. The first-order valence-electron chi connectivity index (χ1n) is 4.59. The summed E-state index contributed by atoms with van der Waals surface area (Å²) in [5.41, 5.74) is 1.03. The third-order valence-electron chi connectivity index (χ3n) is 2.10. The van der Waals surface area contributed by atoms with E-state index in [2.05, 4.69) is 5.32 Å². The van der Waals surface area contributed by atoms with E-state index in [1.54, 1.807) is 12.1 Å². The fraction of sp³-hybridized carbons (Fsp3) is 0.364. The van der Waals surface area contributed by atoms with Crippen molar-refractivity contribution in [3.8, 4) is 0 Å². The van der Waals surface area contributed by atoms with Gasteiger partial charge in [0, 0.05) is 13.5 Å². The number of halogens is 1. The summed E-state index contributed by atoms with van der Waals surface area (Å²) < 4.78 is 12.6. The predicted molar refractivity (Wildman–Crippen MR) is 53.5 cm³/mol. The van der Waals surface area contributed by atoms with E-state index in [1.807, 2.05) is 6.92 Å². The van der Waals surface area contributed by atoms with E-state index in [0.29, 0.717) is 6.54 Å². The fourth-order valence-corrected chi connectivity index (χ4v) is 1.21. The van der Waals surface area contributed by atoms with Crippen LogP contribution in [0.5, 0.6) is 0 Å². The highest BCUT2D eigenvalue weighted by molar-refractivity contribution is 5.72. The lowest BCUT2D eigenvalue weighted by molar-refractivity contribution is -0.119. The normalized spacial score (nSPS) is 12.2. The molecule has 2 nitrogen and oxygen atoms in total. The Morgan fingerprint density at radius 2 is 2.00 bits per heavy atom. The zero-order valence-electron chi connectivity index (χ0n) is 8.38. The molecule has 3 heteroatoms. The van der Waals surface area contributed by atoms with Gasteiger partial charge in [-0.25, -0.2) is 4.39 Å². The summed E-state index contributed by atoms with van der Waals surface area (Å²) in [5, 5.41) is 2.73. The van der Waals surface area contributed by atoms with Crippen LogP contribution >= 0.6 is 0 Å². The van der Waals surface area contributed by atoms with Crippen LogP contribution in [0.4, 0.5) is 4.39 Å². The van der Waals surface area contributed by atoms with Crippen molar-refractivity contribution in [2.75, 3.05) is 6.54 Å². The zero-order chi connectivity index (χ0) is 10.6. The van der Waals surface area contributed by atoms with Crippen molar-refractivity contribution < 1.29 is 9.18 Å². The average molecular weight is 195 g/mol. The molecule has 0 unspecified atom stereocenters. The number of rotatable bonds is 3. The van der Waals surface area contributed by atoms with Gasteiger partial charge in [0.05, 0.1) is 0 Å². The van der Waals surface area contributed by atoms with Crippen LogP contribution in [0.2, 0.25) is 0 Å². The van der Waals surface area contributed by atoms with Crippen LogP contribution in [-0.4, -0.2) is 12.5 Å². The van der Waals surface area contributed by atoms with Crippen LogP contribution in [0.15, 0.2) is 24.3 Å². The first-order chi connectivity index (χ1) is 6.59. The molecule has 0 saturated heterocycles. The van der Waals surface area contributed by atoms with E-state index in [1.165, 1.54) is 19.1 Å². The highest BCUT2D eigenvalue weighted by Crippen LogP contribution is 2.14. The molecule has 1 N–H and O–H groups in total. The van der Waals surface area contributed by atoms with Gasteiger partial charge >= 0.3 is 0 Å². The number of hydrogen-bond donors (Lipinski definition) is 1. The van der Waals surface area contributed by atoms with E-state index < -0.39 is 0 Å². The average Bonchev–Trinajstić information content (AvgIpc) is 2.15. The van der Waals surface area contributed by atoms with E-state index in [4.69, 9.17) is 0 Å². The topological polar surface area (TPSA) is 29.1 Å². The number of benzene rings is 1. The predicted octanol–water partition coefficient (Wildman–Crippen LogP) is 2.07. The molecular weight excluding hydrogens is 181 g/mol. The molecule has 76 valence electrons. The van der Waals surface area contributed by atoms with Gasteiger partial charge in [-0.15, -0.1) is 0 Å². The summed E-state index contributed by atoms with van der Waals surface area (Å²) in [6.45, 7) is 4.06. The minimum Gasteiger partial charge on any atom is -0.356 e. The second kappa shape index (κ2) is 4.74. The Morgan fingerprint density at radius 3 is 2.50 bits per heavy atom. The molecule has 0 aliphatic rings. The van der Waals surface area contributed by atoms with E-state index in [-0.39, 0.29) is 17.6 Å². The molecule has 0 radical (unpaired) electrons. The Labute approximate surface area is 83.1 Å². The number of amides is 1. The maximum atomic E-state index is 12.6. The number of nitrogens with one attached hydrogen (secondary N) is 1. The summed E-state index contributed by atoms with van der Waals surface area (Å²) in [5.74, 6) is -0.0704. The van der Waals surface area contributed by atoms with Gasteiger partial charge in [0.2, 0.25) is 5.91 Å². The summed E-state index contributed by atoms with van der Waals surface area (Å²) in [6, 6.07) is 6.34. The van der Waals surface area contributed by atoms with Crippen LogP contribution in [0.1, 0.15) is 25.3 Å². The molecule has 1 amide bonds. The molecule has 0 saturated carbocycles. The Morgan fingerprint density at radius 1 is 1.43 bits per heavy atom. The van der Waals surface area contributed by atoms with Crippen LogP contribution in [-0.2, 0) is 4.79 Å². The van der Waals surface area contributed by atoms with Gasteiger partial charge in [0.15, 0.2) is 0 Å². The molecule has 1 atom stereocenters. The lowest BCUT2D eigenvalue weighted by atomic mass is 10.0. The first-order valence-corrected chi connectivity index (χ1v) is 4.59. The quantitative estimate of drug-likeness (QED) is 0.786. The molecule has 0 spiro atoms. The Bertz CT molecular complexity index is 308. The van der Waals surface area contributed by atoms with Crippen LogP contribution < -0.4 is 5.32 Å². The molecule has 0 fully saturated rings. The fourth-order valence-electron chi connectivity index (χ4n) is 1.21. The molecule has 1 aromatic carbocycles. The molecule has 0 aliphatic carbocycles. The highest BCUT2D eigenvalue weighted by atomic mass is 19.1. The van der Waals surface area contributed by atoms with Crippen LogP contribution in [0.3, 0.4) is 0 Å². The third-order valence-corrected chi connectivity index (χ3v) is 2.10. The first kappa shape index (κ1) is 10.7. The lowest BCUT2D eigenvalue weighted by Crippen LogP contribution is -2.24. The van der Waals surface area contributed by atoms with Gasteiger partial charge in [-0.2, -0.15) is 0 Å². The molecule has 0 aliphatic heterocycles. The van der Waals surface area contributed by atoms with Crippen molar-refractivity contribution in [2.45, 2.75) is 19.8 Å². The van der Waals surface area contributed by atoms with E-state index in [9.17, 15) is 9.18 Å². The van der Waals surface area contributed by atoms with E-state index in [0.717, 1.165) is 5.56 Å². The Kier molecular flexibility index (Phi) is 3.63. The monoisotopic (exact) mass is 195 g/mol. The molecule has 1 rings (SSSR count). The highest BCUT2D eigenvalue weighted by Gasteiger charge is 2.05. The SMILES string of the molecule is CC(=O)NC[C@H](C)c1ccc(F)cc1. The number of carbonyl (C=O) groups is 1.